The second-order valence-electron chi connectivity index (χ2n) is 5.03. The van der Waals surface area contributed by atoms with Crippen LogP contribution < -0.4 is 14.8 Å². The number of methoxy groups -OCH3 is 1. The van der Waals surface area contributed by atoms with Crippen molar-refractivity contribution >= 4 is 0 Å². The van der Waals surface area contributed by atoms with Gasteiger partial charge in [-0.05, 0) is 18.2 Å². The Balaban J connectivity index is 2.09. The van der Waals surface area contributed by atoms with Gasteiger partial charge in [-0.25, -0.2) is 4.98 Å². The summed E-state index contributed by atoms with van der Waals surface area (Å²) >= 11 is 0. The van der Waals surface area contributed by atoms with Crippen molar-refractivity contribution < 1.29 is 9.47 Å². The Labute approximate surface area is 125 Å². The van der Waals surface area contributed by atoms with Gasteiger partial charge in [0.15, 0.2) is 0 Å². The van der Waals surface area contributed by atoms with Gasteiger partial charge in [-0.1, -0.05) is 31.2 Å². The van der Waals surface area contributed by atoms with Crippen LogP contribution in [-0.4, -0.2) is 25.2 Å². The van der Waals surface area contributed by atoms with E-state index in [1.807, 2.05) is 12.1 Å². The minimum atomic E-state index is 0.0201. The maximum atomic E-state index is 5.85. The topological polar surface area (TPSA) is 43.4 Å². The Hall–Kier alpha value is -2.07. The summed E-state index contributed by atoms with van der Waals surface area (Å²) in [4.78, 5) is 4.32. The highest BCUT2D eigenvalue weighted by atomic mass is 16.5. The maximum Gasteiger partial charge on any atom is 0.218 e. The van der Waals surface area contributed by atoms with Crippen molar-refractivity contribution in [2.24, 2.45) is 0 Å². The smallest absolute Gasteiger partial charge is 0.218 e. The molecule has 4 nitrogen and oxygen atoms in total. The number of nitrogens with zero attached hydrogens (tertiary/aromatic N) is 1. The van der Waals surface area contributed by atoms with E-state index in [0.717, 1.165) is 36.4 Å². The summed E-state index contributed by atoms with van der Waals surface area (Å²) < 4.78 is 11.3. The Morgan fingerprint density at radius 2 is 2.14 bits per heavy atom. The van der Waals surface area contributed by atoms with E-state index in [0.29, 0.717) is 5.88 Å². The average molecular weight is 284 g/mol. The van der Waals surface area contributed by atoms with Gasteiger partial charge in [0, 0.05) is 23.7 Å². The van der Waals surface area contributed by atoms with Crippen LogP contribution in [0.5, 0.6) is 11.6 Å². The van der Waals surface area contributed by atoms with Gasteiger partial charge in [0.1, 0.15) is 5.75 Å². The van der Waals surface area contributed by atoms with E-state index in [2.05, 4.69) is 35.4 Å². The minimum Gasteiger partial charge on any atom is -0.493 e. The third kappa shape index (κ3) is 2.59. The summed E-state index contributed by atoms with van der Waals surface area (Å²) in [6.07, 6.45) is 2.73. The molecule has 1 atom stereocenters. The first-order chi connectivity index (χ1) is 10.3. The Kier molecular flexibility index (Phi) is 4.06. The Morgan fingerprint density at radius 3 is 2.95 bits per heavy atom. The van der Waals surface area contributed by atoms with E-state index >= 15 is 0 Å². The zero-order chi connectivity index (χ0) is 14.7. The molecule has 0 amide bonds. The van der Waals surface area contributed by atoms with Gasteiger partial charge in [-0.2, -0.15) is 0 Å². The lowest BCUT2D eigenvalue weighted by molar-refractivity contribution is 0.349. The van der Waals surface area contributed by atoms with Crippen LogP contribution >= 0.6 is 0 Å². The molecular formula is C17H20N2O2. The van der Waals surface area contributed by atoms with Crippen LogP contribution in [0.2, 0.25) is 0 Å². The van der Waals surface area contributed by atoms with E-state index in [-0.39, 0.29) is 6.04 Å². The number of hydrogen-bond donors (Lipinski definition) is 1. The number of para-hydroxylation sites is 1. The molecule has 0 fully saturated rings. The molecule has 0 bridgehead atoms. The summed E-state index contributed by atoms with van der Waals surface area (Å²) in [5, 5.41) is 3.52. The standard InChI is InChI=1S/C17H20N2O2/c1-3-18-15(14-8-5-10-19-17(14)20-2)13-7-4-6-12-9-11-21-16(12)13/h4-8,10,15,18H,3,9,11H2,1-2H3. The highest BCUT2D eigenvalue weighted by molar-refractivity contribution is 5.50. The van der Waals surface area contributed by atoms with Crippen molar-refractivity contribution in [3.63, 3.8) is 0 Å². The van der Waals surface area contributed by atoms with E-state index in [9.17, 15) is 0 Å². The number of fused-ring (bicyclic) bond motifs is 1. The number of benzene rings is 1. The molecule has 0 saturated carbocycles. The van der Waals surface area contributed by atoms with Gasteiger partial charge in [-0.3, -0.25) is 0 Å². The molecule has 0 spiro atoms. The lowest BCUT2D eigenvalue weighted by Crippen LogP contribution is -2.23. The van der Waals surface area contributed by atoms with Gasteiger partial charge in [0.05, 0.1) is 19.8 Å². The van der Waals surface area contributed by atoms with Gasteiger partial charge in [-0.15, -0.1) is 0 Å². The van der Waals surface area contributed by atoms with Crippen molar-refractivity contribution in [2.45, 2.75) is 19.4 Å². The predicted molar refractivity (Wildman–Crippen MR) is 81.9 cm³/mol. The summed E-state index contributed by atoms with van der Waals surface area (Å²) in [6.45, 7) is 3.71. The molecule has 0 aliphatic carbocycles. The number of rotatable bonds is 5. The van der Waals surface area contributed by atoms with E-state index in [1.165, 1.54) is 5.56 Å². The van der Waals surface area contributed by atoms with E-state index < -0.39 is 0 Å². The number of hydrogen-bond acceptors (Lipinski definition) is 4. The van der Waals surface area contributed by atoms with E-state index in [4.69, 9.17) is 9.47 Å². The molecule has 1 aromatic heterocycles. The lowest BCUT2D eigenvalue weighted by atomic mass is 9.96. The summed E-state index contributed by atoms with van der Waals surface area (Å²) in [7, 11) is 1.65. The van der Waals surface area contributed by atoms with Crippen LogP contribution in [-0.2, 0) is 6.42 Å². The first-order valence-electron chi connectivity index (χ1n) is 7.32. The van der Waals surface area contributed by atoms with Crippen LogP contribution in [0, 0.1) is 0 Å². The lowest BCUT2D eigenvalue weighted by Gasteiger charge is -2.22. The van der Waals surface area contributed by atoms with Crippen molar-refractivity contribution in [1.82, 2.24) is 10.3 Å². The molecule has 3 rings (SSSR count). The zero-order valence-corrected chi connectivity index (χ0v) is 12.4. The normalized spacial score (nSPS) is 14.4. The van der Waals surface area contributed by atoms with Crippen LogP contribution in [0.4, 0.5) is 0 Å². The molecule has 1 aliphatic heterocycles. The third-order valence-electron chi connectivity index (χ3n) is 3.77. The molecule has 1 aliphatic rings. The highest BCUT2D eigenvalue weighted by Crippen LogP contribution is 2.38. The number of pyridine rings is 1. The first-order valence-corrected chi connectivity index (χ1v) is 7.32. The van der Waals surface area contributed by atoms with Crippen molar-refractivity contribution in [2.75, 3.05) is 20.3 Å². The fraction of sp³-hybridized carbons (Fsp3) is 0.353. The van der Waals surface area contributed by atoms with Crippen molar-refractivity contribution in [3.8, 4) is 11.6 Å². The number of nitrogens with one attached hydrogen (secondary N) is 1. The molecular weight excluding hydrogens is 264 g/mol. The molecule has 21 heavy (non-hydrogen) atoms. The Bertz CT molecular complexity index is 628. The monoisotopic (exact) mass is 284 g/mol. The van der Waals surface area contributed by atoms with Crippen molar-refractivity contribution in [1.29, 1.82) is 0 Å². The van der Waals surface area contributed by atoms with Crippen molar-refractivity contribution in [3.05, 3.63) is 53.2 Å². The van der Waals surface area contributed by atoms with Crippen LogP contribution in [0.15, 0.2) is 36.5 Å². The molecule has 4 heteroatoms. The molecule has 0 radical (unpaired) electrons. The maximum absolute atomic E-state index is 5.85. The molecule has 1 N–H and O–H groups in total. The predicted octanol–water partition coefficient (Wildman–Crippen LogP) is 2.72. The summed E-state index contributed by atoms with van der Waals surface area (Å²) in [5.74, 6) is 1.66. The molecule has 0 saturated heterocycles. The molecule has 2 aromatic rings. The number of ether oxygens (including phenoxy) is 2. The van der Waals surface area contributed by atoms with Crippen LogP contribution in [0.3, 0.4) is 0 Å². The number of aromatic nitrogens is 1. The summed E-state index contributed by atoms with van der Waals surface area (Å²) in [6, 6.07) is 10.3. The van der Waals surface area contributed by atoms with E-state index in [1.54, 1.807) is 13.3 Å². The quantitative estimate of drug-likeness (QED) is 0.917. The van der Waals surface area contributed by atoms with Gasteiger partial charge in [0.2, 0.25) is 5.88 Å². The van der Waals surface area contributed by atoms with Crippen LogP contribution in [0.25, 0.3) is 0 Å². The zero-order valence-electron chi connectivity index (χ0n) is 12.4. The molecule has 110 valence electrons. The molecule has 1 unspecified atom stereocenters. The minimum absolute atomic E-state index is 0.0201. The highest BCUT2D eigenvalue weighted by Gasteiger charge is 2.25. The second-order valence-corrected chi connectivity index (χ2v) is 5.03. The SMILES string of the molecule is CCNC(c1cccnc1OC)c1cccc2c1OCC2. The fourth-order valence-electron chi connectivity index (χ4n) is 2.85. The Morgan fingerprint density at radius 1 is 1.29 bits per heavy atom. The third-order valence-corrected chi connectivity index (χ3v) is 3.77. The largest absolute Gasteiger partial charge is 0.493 e. The van der Waals surface area contributed by atoms with Crippen LogP contribution in [0.1, 0.15) is 29.7 Å². The molecule has 2 heterocycles. The molecule has 1 aromatic carbocycles. The van der Waals surface area contributed by atoms with Gasteiger partial charge in [0.25, 0.3) is 0 Å². The van der Waals surface area contributed by atoms with Gasteiger partial charge >= 0.3 is 0 Å². The average Bonchev–Trinajstić information content (AvgIpc) is 3.01. The fourth-order valence-corrected chi connectivity index (χ4v) is 2.85. The first kappa shape index (κ1) is 13.9. The van der Waals surface area contributed by atoms with Gasteiger partial charge < -0.3 is 14.8 Å². The summed E-state index contributed by atoms with van der Waals surface area (Å²) in [5.41, 5.74) is 3.46. The second kappa shape index (κ2) is 6.14.